The molecule has 1 aromatic heterocycles. The van der Waals surface area contributed by atoms with E-state index in [1.807, 2.05) is 19.3 Å². The third-order valence-electron chi connectivity index (χ3n) is 3.75. The van der Waals surface area contributed by atoms with Crippen LogP contribution in [0.25, 0.3) is 0 Å². The van der Waals surface area contributed by atoms with Crippen LogP contribution in [-0.2, 0) is 6.54 Å². The zero-order valence-electron chi connectivity index (χ0n) is 12.6. The van der Waals surface area contributed by atoms with E-state index in [9.17, 15) is 0 Å². The Morgan fingerprint density at radius 2 is 2.11 bits per heavy atom. The van der Waals surface area contributed by atoms with Crippen LogP contribution in [0.4, 0.5) is 0 Å². The van der Waals surface area contributed by atoms with Gasteiger partial charge in [-0.3, -0.25) is 14.9 Å². The molecule has 1 saturated heterocycles. The fourth-order valence-corrected chi connectivity index (χ4v) is 2.45. The van der Waals surface area contributed by atoms with Gasteiger partial charge in [0.05, 0.1) is 11.4 Å². The Morgan fingerprint density at radius 3 is 2.74 bits per heavy atom. The smallest absolute Gasteiger partial charge is 0.0727 e. The lowest BCUT2D eigenvalue weighted by Crippen LogP contribution is -2.46. The van der Waals surface area contributed by atoms with Crippen molar-refractivity contribution in [2.75, 3.05) is 19.6 Å². The zero-order valence-corrected chi connectivity index (χ0v) is 12.6. The van der Waals surface area contributed by atoms with Crippen LogP contribution in [-0.4, -0.2) is 40.5 Å². The maximum atomic E-state index is 4.47. The van der Waals surface area contributed by atoms with Crippen LogP contribution in [0.5, 0.6) is 0 Å². The van der Waals surface area contributed by atoms with E-state index in [0.717, 1.165) is 37.6 Å². The van der Waals surface area contributed by atoms with Crippen LogP contribution in [0.1, 0.15) is 38.6 Å². The Morgan fingerprint density at radius 1 is 1.32 bits per heavy atom. The molecule has 1 unspecified atom stereocenters. The fraction of sp³-hybridized carbons (Fsp3) is 0.733. The Hall–Kier alpha value is -1.00. The highest BCUT2D eigenvalue weighted by Crippen LogP contribution is 2.22. The van der Waals surface area contributed by atoms with Gasteiger partial charge >= 0.3 is 0 Å². The van der Waals surface area contributed by atoms with Crippen molar-refractivity contribution in [2.45, 2.75) is 46.7 Å². The van der Waals surface area contributed by atoms with Gasteiger partial charge in [-0.25, -0.2) is 0 Å². The predicted molar refractivity (Wildman–Crippen MR) is 77.9 cm³/mol. The van der Waals surface area contributed by atoms with Gasteiger partial charge in [0.2, 0.25) is 0 Å². The van der Waals surface area contributed by atoms with Gasteiger partial charge in [0.25, 0.3) is 0 Å². The van der Waals surface area contributed by atoms with E-state index in [2.05, 4.69) is 41.0 Å². The van der Waals surface area contributed by atoms with Crippen LogP contribution in [0, 0.1) is 12.3 Å². The van der Waals surface area contributed by atoms with Crippen molar-refractivity contribution in [3.63, 3.8) is 0 Å². The lowest BCUT2D eigenvalue weighted by atomic mass is 9.86. The number of rotatable bonds is 2. The van der Waals surface area contributed by atoms with Crippen molar-refractivity contribution in [3.8, 4) is 0 Å². The molecule has 0 saturated carbocycles. The molecule has 0 aliphatic carbocycles. The SMILES string of the molecule is Cc1cnc(CN2CCCNC(C(C)(C)C)C2)cn1. The molecule has 106 valence electrons. The maximum absolute atomic E-state index is 4.47. The maximum Gasteiger partial charge on any atom is 0.0727 e. The molecule has 0 aromatic carbocycles. The summed E-state index contributed by atoms with van der Waals surface area (Å²) in [6.45, 7) is 13.1. The van der Waals surface area contributed by atoms with Gasteiger partial charge in [-0.2, -0.15) is 0 Å². The van der Waals surface area contributed by atoms with E-state index in [-0.39, 0.29) is 0 Å². The number of hydrogen-bond donors (Lipinski definition) is 1. The second kappa shape index (κ2) is 5.97. The van der Waals surface area contributed by atoms with E-state index in [0.29, 0.717) is 11.5 Å². The molecule has 1 aliphatic heterocycles. The monoisotopic (exact) mass is 262 g/mol. The van der Waals surface area contributed by atoms with E-state index in [1.165, 1.54) is 6.42 Å². The Kier molecular flexibility index (Phi) is 4.53. The van der Waals surface area contributed by atoms with E-state index in [4.69, 9.17) is 0 Å². The third-order valence-corrected chi connectivity index (χ3v) is 3.75. The number of nitrogens with one attached hydrogen (secondary N) is 1. The normalized spacial score (nSPS) is 22.2. The number of aryl methyl sites for hydroxylation is 1. The van der Waals surface area contributed by atoms with Crippen LogP contribution in [0.15, 0.2) is 12.4 Å². The summed E-state index contributed by atoms with van der Waals surface area (Å²) >= 11 is 0. The molecule has 0 radical (unpaired) electrons. The summed E-state index contributed by atoms with van der Waals surface area (Å²) in [4.78, 5) is 11.3. The first-order valence-electron chi connectivity index (χ1n) is 7.18. The molecule has 1 aromatic rings. The summed E-state index contributed by atoms with van der Waals surface area (Å²) < 4.78 is 0. The van der Waals surface area contributed by atoms with Gasteiger partial charge in [-0.05, 0) is 31.8 Å². The summed E-state index contributed by atoms with van der Waals surface area (Å²) in [6, 6.07) is 0.536. The minimum Gasteiger partial charge on any atom is -0.312 e. The van der Waals surface area contributed by atoms with Crippen LogP contribution in [0.3, 0.4) is 0 Å². The number of hydrogen-bond acceptors (Lipinski definition) is 4. The van der Waals surface area contributed by atoms with E-state index in [1.54, 1.807) is 0 Å². The van der Waals surface area contributed by atoms with Gasteiger partial charge in [0, 0.05) is 31.5 Å². The third kappa shape index (κ3) is 4.25. The van der Waals surface area contributed by atoms with Gasteiger partial charge in [0.15, 0.2) is 0 Å². The molecule has 2 heterocycles. The molecule has 1 aliphatic rings. The molecular weight excluding hydrogens is 236 g/mol. The second-order valence-corrected chi connectivity index (χ2v) is 6.61. The van der Waals surface area contributed by atoms with Gasteiger partial charge < -0.3 is 5.32 Å². The molecule has 19 heavy (non-hydrogen) atoms. The molecule has 0 bridgehead atoms. The molecular formula is C15H26N4. The number of aromatic nitrogens is 2. The van der Waals surface area contributed by atoms with Crippen LogP contribution < -0.4 is 5.32 Å². The molecule has 2 rings (SSSR count). The first-order valence-corrected chi connectivity index (χ1v) is 7.18. The average molecular weight is 262 g/mol. The van der Waals surface area contributed by atoms with E-state index >= 15 is 0 Å². The molecule has 1 atom stereocenters. The summed E-state index contributed by atoms with van der Waals surface area (Å²) in [5, 5.41) is 3.67. The van der Waals surface area contributed by atoms with Crippen molar-refractivity contribution >= 4 is 0 Å². The van der Waals surface area contributed by atoms with Crippen LogP contribution in [0.2, 0.25) is 0 Å². The lowest BCUT2D eigenvalue weighted by molar-refractivity contribution is 0.190. The standard InChI is InChI=1S/C15H26N4/c1-12-8-18-13(9-17-12)10-19-7-5-6-16-14(11-19)15(2,3)4/h8-9,14,16H,5-7,10-11H2,1-4H3. The van der Waals surface area contributed by atoms with Crippen molar-refractivity contribution < 1.29 is 0 Å². The lowest BCUT2D eigenvalue weighted by Gasteiger charge is -2.33. The topological polar surface area (TPSA) is 41.1 Å². The number of nitrogens with zero attached hydrogens (tertiary/aromatic N) is 3. The molecule has 0 amide bonds. The Labute approximate surface area is 116 Å². The predicted octanol–water partition coefficient (Wildman–Crippen LogP) is 2.00. The minimum atomic E-state index is 0.293. The summed E-state index contributed by atoms with van der Waals surface area (Å²) in [5.41, 5.74) is 2.34. The first-order chi connectivity index (χ1) is 8.95. The zero-order chi connectivity index (χ0) is 13.9. The minimum absolute atomic E-state index is 0.293. The molecule has 1 fully saturated rings. The highest BCUT2D eigenvalue weighted by atomic mass is 15.2. The Bertz CT molecular complexity index is 394. The summed E-state index contributed by atoms with van der Waals surface area (Å²) in [7, 11) is 0. The molecule has 0 spiro atoms. The van der Waals surface area contributed by atoms with Gasteiger partial charge in [-0.15, -0.1) is 0 Å². The van der Waals surface area contributed by atoms with Crippen molar-refractivity contribution in [2.24, 2.45) is 5.41 Å². The Balaban J connectivity index is 2.00. The first kappa shape index (κ1) is 14.4. The molecule has 4 heteroatoms. The largest absolute Gasteiger partial charge is 0.312 e. The quantitative estimate of drug-likeness (QED) is 0.885. The summed E-state index contributed by atoms with van der Waals surface area (Å²) in [6.07, 6.45) is 4.96. The molecule has 4 nitrogen and oxygen atoms in total. The highest BCUT2D eigenvalue weighted by molar-refractivity contribution is 5.01. The van der Waals surface area contributed by atoms with Crippen LogP contribution >= 0.6 is 0 Å². The molecule has 1 N–H and O–H groups in total. The van der Waals surface area contributed by atoms with Crippen molar-refractivity contribution in [1.82, 2.24) is 20.2 Å². The van der Waals surface area contributed by atoms with Gasteiger partial charge in [0.1, 0.15) is 0 Å². The van der Waals surface area contributed by atoms with Crippen molar-refractivity contribution in [3.05, 3.63) is 23.8 Å². The summed E-state index contributed by atoms with van der Waals surface area (Å²) in [5.74, 6) is 0. The average Bonchev–Trinajstić information content (AvgIpc) is 2.57. The van der Waals surface area contributed by atoms with E-state index < -0.39 is 0 Å². The van der Waals surface area contributed by atoms with Gasteiger partial charge in [-0.1, -0.05) is 20.8 Å². The fourth-order valence-electron chi connectivity index (χ4n) is 2.45. The second-order valence-electron chi connectivity index (χ2n) is 6.61. The van der Waals surface area contributed by atoms with Crippen molar-refractivity contribution in [1.29, 1.82) is 0 Å². The highest BCUT2D eigenvalue weighted by Gasteiger charge is 2.28.